The van der Waals surface area contributed by atoms with Crippen LogP contribution >= 0.6 is 0 Å². The molecule has 2 rings (SSSR count). The maximum atomic E-state index is 6.12. The molecule has 0 atom stereocenters. The first-order valence-electron chi connectivity index (χ1n) is 5.62. The number of imidazole rings is 1. The summed E-state index contributed by atoms with van der Waals surface area (Å²) in [4.78, 5) is 4.57. The van der Waals surface area contributed by atoms with Gasteiger partial charge in [-0.1, -0.05) is 13.0 Å². The van der Waals surface area contributed by atoms with Crippen LogP contribution in [0.1, 0.15) is 12.7 Å². The molecule has 0 aromatic carbocycles. The zero-order valence-electron chi connectivity index (χ0n) is 10.2. The van der Waals surface area contributed by atoms with Gasteiger partial charge in [0, 0.05) is 31.8 Å². The van der Waals surface area contributed by atoms with Crippen LogP contribution in [0.25, 0.3) is 11.3 Å². The van der Waals surface area contributed by atoms with Gasteiger partial charge in [0.2, 0.25) is 0 Å². The highest BCUT2D eigenvalue weighted by molar-refractivity contribution is 5.70. The molecule has 2 aromatic rings. The second kappa shape index (κ2) is 4.45. The van der Waals surface area contributed by atoms with E-state index in [2.05, 4.69) is 23.6 Å². The molecule has 5 heteroatoms. The Labute approximate surface area is 101 Å². The van der Waals surface area contributed by atoms with Gasteiger partial charge >= 0.3 is 0 Å². The van der Waals surface area contributed by atoms with E-state index in [1.165, 1.54) is 0 Å². The van der Waals surface area contributed by atoms with Crippen molar-refractivity contribution >= 4 is 5.82 Å². The Morgan fingerprint density at radius 2 is 2.29 bits per heavy atom. The molecule has 0 aliphatic rings. The monoisotopic (exact) mass is 231 g/mol. The third kappa shape index (κ3) is 1.95. The van der Waals surface area contributed by atoms with E-state index in [1.807, 2.05) is 23.9 Å². The molecule has 0 unspecified atom stereocenters. The van der Waals surface area contributed by atoms with Crippen LogP contribution < -0.4 is 5.73 Å². The van der Waals surface area contributed by atoms with E-state index in [-0.39, 0.29) is 0 Å². The smallest absolute Gasteiger partial charge is 0.132 e. The molecule has 0 radical (unpaired) electrons. The van der Waals surface area contributed by atoms with Crippen molar-refractivity contribution in [1.29, 1.82) is 0 Å². The molecule has 17 heavy (non-hydrogen) atoms. The number of nitrogens with zero attached hydrogens (tertiary/aromatic N) is 4. The van der Waals surface area contributed by atoms with Crippen LogP contribution in [0.15, 0.2) is 25.0 Å². The summed E-state index contributed by atoms with van der Waals surface area (Å²) in [7, 11) is 1.88. The lowest BCUT2D eigenvalue weighted by Gasteiger charge is -2.04. The lowest BCUT2D eigenvalue weighted by Crippen LogP contribution is -2.05. The molecule has 0 aliphatic carbocycles. The van der Waals surface area contributed by atoms with E-state index in [4.69, 9.17) is 5.73 Å². The van der Waals surface area contributed by atoms with Crippen LogP contribution in [0.2, 0.25) is 0 Å². The van der Waals surface area contributed by atoms with Gasteiger partial charge in [-0.2, -0.15) is 5.10 Å². The van der Waals surface area contributed by atoms with Crippen LogP contribution in [0.5, 0.6) is 0 Å². The molecule has 0 saturated carbocycles. The summed E-state index contributed by atoms with van der Waals surface area (Å²) < 4.78 is 3.72. The molecule has 0 bridgehead atoms. The Kier molecular flexibility index (Phi) is 2.99. The van der Waals surface area contributed by atoms with Gasteiger partial charge in [-0.15, -0.1) is 6.58 Å². The molecule has 0 spiro atoms. The minimum Gasteiger partial charge on any atom is -0.383 e. The number of hydrogen-bond donors (Lipinski definition) is 1. The number of nitrogens with two attached hydrogens (primary N) is 1. The van der Waals surface area contributed by atoms with Gasteiger partial charge < -0.3 is 10.3 Å². The summed E-state index contributed by atoms with van der Waals surface area (Å²) in [5.41, 5.74) is 7.87. The molecule has 2 N–H and O–H groups in total. The van der Waals surface area contributed by atoms with Crippen molar-refractivity contribution in [3.05, 3.63) is 30.9 Å². The standard InChI is InChI=1S/C12H17N5/c1-4-6-17-10(5-2)15-11(12(17)13)9-7-14-16(3)8-9/h4,7-8H,1,5-6,13H2,2-3H3. The molecule has 5 nitrogen and oxygen atoms in total. The summed E-state index contributed by atoms with van der Waals surface area (Å²) in [5.74, 6) is 1.65. The van der Waals surface area contributed by atoms with Crippen molar-refractivity contribution in [3.63, 3.8) is 0 Å². The largest absolute Gasteiger partial charge is 0.383 e. The van der Waals surface area contributed by atoms with E-state index in [9.17, 15) is 0 Å². The Morgan fingerprint density at radius 3 is 2.82 bits per heavy atom. The molecular weight excluding hydrogens is 214 g/mol. The lowest BCUT2D eigenvalue weighted by atomic mass is 10.2. The highest BCUT2D eigenvalue weighted by Gasteiger charge is 2.15. The number of rotatable bonds is 4. The van der Waals surface area contributed by atoms with Gasteiger partial charge in [0.15, 0.2) is 0 Å². The number of anilines is 1. The molecule has 90 valence electrons. The summed E-state index contributed by atoms with van der Waals surface area (Å²) in [6, 6.07) is 0. The van der Waals surface area contributed by atoms with Gasteiger partial charge in [-0.3, -0.25) is 4.68 Å². The molecule has 0 aliphatic heterocycles. The summed E-state index contributed by atoms with van der Waals surface area (Å²) >= 11 is 0. The van der Waals surface area contributed by atoms with Crippen molar-refractivity contribution in [3.8, 4) is 11.3 Å². The van der Waals surface area contributed by atoms with Crippen molar-refractivity contribution in [1.82, 2.24) is 19.3 Å². The number of hydrogen-bond acceptors (Lipinski definition) is 3. The Balaban J connectivity index is 2.52. The maximum Gasteiger partial charge on any atom is 0.132 e. The molecule has 2 aromatic heterocycles. The average molecular weight is 231 g/mol. The topological polar surface area (TPSA) is 61.7 Å². The van der Waals surface area contributed by atoms with Gasteiger partial charge in [-0.05, 0) is 0 Å². The minimum atomic E-state index is 0.676. The van der Waals surface area contributed by atoms with E-state index in [1.54, 1.807) is 10.9 Å². The lowest BCUT2D eigenvalue weighted by molar-refractivity contribution is 0.757. The molecule has 0 saturated heterocycles. The van der Waals surface area contributed by atoms with Crippen LogP contribution in [0.4, 0.5) is 5.82 Å². The Hall–Kier alpha value is -2.04. The summed E-state index contributed by atoms with van der Waals surface area (Å²) in [5, 5.41) is 4.14. The van der Waals surface area contributed by atoms with E-state index >= 15 is 0 Å². The zero-order chi connectivity index (χ0) is 12.4. The van der Waals surface area contributed by atoms with Gasteiger partial charge in [0.05, 0.1) is 6.20 Å². The third-order valence-corrected chi connectivity index (χ3v) is 2.69. The fourth-order valence-corrected chi connectivity index (χ4v) is 1.87. The van der Waals surface area contributed by atoms with Crippen molar-refractivity contribution < 1.29 is 0 Å². The fraction of sp³-hybridized carbons (Fsp3) is 0.333. The highest BCUT2D eigenvalue weighted by atomic mass is 15.2. The van der Waals surface area contributed by atoms with Crippen molar-refractivity contribution in [2.45, 2.75) is 19.9 Å². The minimum absolute atomic E-state index is 0.676. The van der Waals surface area contributed by atoms with E-state index in [0.29, 0.717) is 12.4 Å². The number of nitrogen functional groups attached to an aromatic ring is 1. The maximum absolute atomic E-state index is 6.12. The molecular formula is C12H17N5. The quantitative estimate of drug-likeness (QED) is 0.813. The normalized spacial score (nSPS) is 10.7. The predicted octanol–water partition coefficient (Wildman–Crippen LogP) is 1.61. The highest BCUT2D eigenvalue weighted by Crippen LogP contribution is 2.26. The number of allylic oxidation sites excluding steroid dienone is 1. The first-order valence-corrected chi connectivity index (χ1v) is 5.62. The second-order valence-electron chi connectivity index (χ2n) is 3.92. The molecule has 0 fully saturated rings. The Morgan fingerprint density at radius 1 is 1.53 bits per heavy atom. The van der Waals surface area contributed by atoms with Crippen LogP contribution in [-0.2, 0) is 20.0 Å². The van der Waals surface area contributed by atoms with Crippen molar-refractivity contribution in [2.75, 3.05) is 5.73 Å². The molecule has 2 heterocycles. The number of aromatic nitrogens is 4. The second-order valence-corrected chi connectivity index (χ2v) is 3.92. The third-order valence-electron chi connectivity index (χ3n) is 2.69. The number of aryl methyl sites for hydroxylation is 2. The summed E-state index contributed by atoms with van der Waals surface area (Å²) in [6.45, 7) is 6.48. The SMILES string of the molecule is C=CCn1c(CC)nc(-c2cnn(C)c2)c1N. The van der Waals surface area contributed by atoms with Gasteiger partial charge in [0.1, 0.15) is 17.3 Å². The predicted molar refractivity (Wildman–Crippen MR) is 68.4 cm³/mol. The fourth-order valence-electron chi connectivity index (χ4n) is 1.87. The van der Waals surface area contributed by atoms with Gasteiger partial charge in [-0.25, -0.2) is 4.98 Å². The van der Waals surface area contributed by atoms with E-state index in [0.717, 1.165) is 23.5 Å². The average Bonchev–Trinajstić information content (AvgIpc) is 2.85. The van der Waals surface area contributed by atoms with Crippen LogP contribution in [0, 0.1) is 0 Å². The van der Waals surface area contributed by atoms with Crippen LogP contribution in [-0.4, -0.2) is 19.3 Å². The van der Waals surface area contributed by atoms with Crippen LogP contribution in [0.3, 0.4) is 0 Å². The molecule has 0 amide bonds. The summed E-state index contributed by atoms with van der Waals surface area (Å²) in [6.07, 6.45) is 6.36. The first-order chi connectivity index (χ1) is 8.17. The van der Waals surface area contributed by atoms with Crippen molar-refractivity contribution in [2.24, 2.45) is 7.05 Å². The van der Waals surface area contributed by atoms with Gasteiger partial charge in [0.25, 0.3) is 0 Å². The van der Waals surface area contributed by atoms with E-state index < -0.39 is 0 Å². The first kappa shape index (κ1) is 11.4. The zero-order valence-corrected chi connectivity index (χ0v) is 10.2. The Bertz CT molecular complexity index is 535.